The average molecular weight is 449 g/mol. The summed E-state index contributed by atoms with van der Waals surface area (Å²) in [7, 11) is 1.50. The second kappa shape index (κ2) is 9.15. The fraction of sp³-hybridized carbons (Fsp3) is 0.200. The zero-order chi connectivity index (χ0) is 21.8. The van der Waals surface area contributed by atoms with Crippen molar-refractivity contribution in [3.05, 3.63) is 58.1 Å². The molecule has 2 N–H and O–H groups in total. The van der Waals surface area contributed by atoms with E-state index in [1.165, 1.54) is 30.1 Å². The third kappa shape index (κ3) is 5.08. The van der Waals surface area contributed by atoms with Crippen molar-refractivity contribution in [2.75, 3.05) is 23.9 Å². The zero-order valence-corrected chi connectivity index (χ0v) is 17.5. The van der Waals surface area contributed by atoms with Crippen molar-refractivity contribution in [3.63, 3.8) is 0 Å². The average Bonchev–Trinajstić information content (AvgIpc) is 2.72. The van der Waals surface area contributed by atoms with E-state index in [0.29, 0.717) is 27.0 Å². The number of halogens is 2. The van der Waals surface area contributed by atoms with Gasteiger partial charge in [-0.05, 0) is 42.5 Å². The van der Waals surface area contributed by atoms with Gasteiger partial charge in [0.1, 0.15) is 0 Å². The van der Waals surface area contributed by atoms with Gasteiger partial charge >= 0.3 is 0 Å². The molecule has 1 aliphatic heterocycles. The molecule has 1 heterocycles. The van der Waals surface area contributed by atoms with Crippen LogP contribution in [0.15, 0.2) is 42.5 Å². The highest BCUT2D eigenvalue weighted by molar-refractivity contribution is 6.42. The first-order chi connectivity index (χ1) is 14.2. The normalized spacial score (nSPS) is 13.6. The van der Waals surface area contributed by atoms with E-state index in [-0.39, 0.29) is 37.1 Å². The third-order valence-corrected chi connectivity index (χ3v) is 5.09. The standard InChI is InChI=1S/C20H18Cl2N4O4/c1-25(11-18(28)23-13-4-7-15(21)16(22)10-13)20(30)12-2-5-14(6-3-12)26-19(29)9-8-17(27)24-26/h2-7,10H,8-9,11H2,1H3,(H,23,28)(H,24,27). The van der Waals surface area contributed by atoms with Crippen LogP contribution in [0.5, 0.6) is 0 Å². The first-order valence-electron chi connectivity index (χ1n) is 8.97. The molecule has 10 heteroatoms. The molecule has 0 spiro atoms. The Balaban J connectivity index is 1.61. The molecule has 3 rings (SSSR count). The van der Waals surface area contributed by atoms with E-state index >= 15 is 0 Å². The van der Waals surface area contributed by atoms with E-state index in [1.54, 1.807) is 24.3 Å². The second-order valence-electron chi connectivity index (χ2n) is 6.65. The smallest absolute Gasteiger partial charge is 0.254 e. The van der Waals surface area contributed by atoms with Crippen LogP contribution in [0.1, 0.15) is 23.2 Å². The van der Waals surface area contributed by atoms with Crippen molar-refractivity contribution < 1.29 is 19.2 Å². The maximum absolute atomic E-state index is 12.6. The van der Waals surface area contributed by atoms with Gasteiger partial charge in [-0.2, -0.15) is 0 Å². The molecule has 0 aliphatic carbocycles. The van der Waals surface area contributed by atoms with Gasteiger partial charge in [0.25, 0.3) is 5.91 Å². The van der Waals surface area contributed by atoms with E-state index in [4.69, 9.17) is 23.2 Å². The molecule has 1 aliphatic rings. The van der Waals surface area contributed by atoms with E-state index < -0.39 is 5.91 Å². The van der Waals surface area contributed by atoms with Crippen LogP contribution in [-0.4, -0.2) is 42.1 Å². The number of rotatable bonds is 5. The minimum atomic E-state index is -0.400. The maximum atomic E-state index is 12.6. The van der Waals surface area contributed by atoms with Gasteiger partial charge in [-0.25, -0.2) is 5.01 Å². The molecule has 0 unspecified atom stereocenters. The largest absolute Gasteiger partial charge is 0.332 e. The van der Waals surface area contributed by atoms with Gasteiger partial charge in [-0.3, -0.25) is 24.6 Å². The predicted octanol–water partition coefficient (Wildman–Crippen LogP) is 2.86. The van der Waals surface area contributed by atoms with Gasteiger partial charge in [0.15, 0.2) is 0 Å². The van der Waals surface area contributed by atoms with E-state index in [1.807, 2.05) is 0 Å². The van der Waals surface area contributed by atoms with E-state index in [2.05, 4.69) is 10.7 Å². The highest BCUT2D eigenvalue weighted by Gasteiger charge is 2.24. The SMILES string of the molecule is CN(CC(=O)Nc1ccc(Cl)c(Cl)c1)C(=O)c1ccc(N2NC(=O)CCC2=O)cc1. The lowest BCUT2D eigenvalue weighted by atomic mass is 10.1. The first-order valence-corrected chi connectivity index (χ1v) is 9.73. The lowest BCUT2D eigenvalue weighted by Crippen LogP contribution is -2.50. The maximum Gasteiger partial charge on any atom is 0.254 e. The topological polar surface area (TPSA) is 98.8 Å². The van der Waals surface area contributed by atoms with Crippen LogP contribution in [0.4, 0.5) is 11.4 Å². The minimum Gasteiger partial charge on any atom is -0.332 e. The highest BCUT2D eigenvalue weighted by Crippen LogP contribution is 2.25. The summed E-state index contributed by atoms with van der Waals surface area (Å²) in [5.74, 6) is -1.26. The van der Waals surface area contributed by atoms with Crippen LogP contribution >= 0.6 is 23.2 Å². The lowest BCUT2D eigenvalue weighted by Gasteiger charge is -2.27. The van der Waals surface area contributed by atoms with Crippen molar-refractivity contribution in [3.8, 4) is 0 Å². The summed E-state index contributed by atoms with van der Waals surface area (Å²) in [4.78, 5) is 49.5. The molecule has 1 saturated heterocycles. The molecular formula is C20H18Cl2N4O4. The van der Waals surface area contributed by atoms with Gasteiger partial charge in [0, 0.05) is 31.1 Å². The number of benzene rings is 2. The van der Waals surface area contributed by atoms with E-state index in [9.17, 15) is 19.2 Å². The van der Waals surface area contributed by atoms with Crippen molar-refractivity contribution in [1.29, 1.82) is 0 Å². The molecule has 2 aromatic carbocycles. The van der Waals surface area contributed by atoms with Crippen molar-refractivity contribution in [2.24, 2.45) is 0 Å². The summed E-state index contributed by atoms with van der Waals surface area (Å²) >= 11 is 11.8. The predicted molar refractivity (Wildman–Crippen MR) is 113 cm³/mol. The fourth-order valence-electron chi connectivity index (χ4n) is 2.82. The van der Waals surface area contributed by atoms with Crippen molar-refractivity contribution in [2.45, 2.75) is 12.8 Å². The van der Waals surface area contributed by atoms with Crippen molar-refractivity contribution >= 4 is 58.2 Å². The van der Waals surface area contributed by atoms with Gasteiger partial charge in [-0.15, -0.1) is 0 Å². The number of hydrogen-bond acceptors (Lipinski definition) is 4. The lowest BCUT2D eigenvalue weighted by molar-refractivity contribution is -0.130. The third-order valence-electron chi connectivity index (χ3n) is 4.36. The van der Waals surface area contributed by atoms with Crippen LogP contribution in [-0.2, 0) is 14.4 Å². The molecule has 0 aromatic heterocycles. The Kier molecular flexibility index (Phi) is 6.59. The number of carbonyl (C=O) groups is 4. The Bertz CT molecular complexity index is 1010. The first kappa shape index (κ1) is 21.6. The molecule has 0 saturated carbocycles. The van der Waals surface area contributed by atoms with Gasteiger partial charge < -0.3 is 10.2 Å². The minimum absolute atomic E-state index is 0.128. The number of likely N-dealkylation sites (N-methyl/N-ethyl adjacent to an activating group) is 1. The van der Waals surface area contributed by atoms with Gasteiger partial charge in [0.2, 0.25) is 17.7 Å². The molecule has 0 bridgehead atoms. The summed E-state index contributed by atoms with van der Waals surface area (Å²) in [5, 5.41) is 4.49. The molecule has 0 atom stereocenters. The Labute approximate surface area is 182 Å². The van der Waals surface area contributed by atoms with Crippen LogP contribution in [0.2, 0.25) is 10.0 Å². The summed E-state index contributed by atoms with van der Waals surface area (Å²) in [6.45, 7) is -0.179. The highest BCUT2D eigenvalue weighted by atomic mass is 35.5. The Morgan fingerprint density at radius 2 is 1.77 bits per heavy atom. The molecule has 0 radical (unpaired) electrons. The van der Waals surface area contributed by atoms with Gasteiger partial charge in [0.05, 0.1) is 22.3 Å². The monoisotopic (exact) mass is 448 g/mol. The molecule has 2 aromatic rings. The summed E-state index contributed by atoms with van der Waals surface area (Å²) in [6.07, 6.45) is 0.282. The number of nitrogens with zero attached hydrogens (tertiary/aromatic N) is 2. The van der Waals surface area contributed by atoms with Crippen LogP contribution in [0.25, 0.3) is 0 Å². The molecular weight excluding hydrogens is 431 g/mol. The summed E-state index contributed by atoms with van der Waals surface area (Å²) in [6, 6.07) is 10.8. The number of hydrazine groups is 1. The zero-order valence-electron chi connectivity index (χ0n) is 15.9. The molecule has 30 heavy (non-hydrogen) atoms. The van der Waals surface area contributed by atoms with Crippen LogP contribution in [0.3, 0.4) is 0 Å². The Morgan fingerprint density at radius 1 is 1.07 bits per heavy atom. The fourth-order valence-corrected chi connectivity index (χ4v) is 3.12. The summed E-state index contributed by atoms with van der Waals surface area (Å²) in [5.41, 5.74) is 3.74. The van der Waals surface area contributed by atoms with Gasteiger partial charge in [-0.1, -0.05) is 23.2 Å². The Hall–Kier alpha value is -3.10. The van der Waals surface area contributed by atoms with E-state index in [0.717, 1.165) is 5.01 Å². The number of amides is 4. The molecule has 8 nitrogen and oxygen atoms in total. The molecule has 1 fully saturated rings. The number of hydrogen-bond donors (Lipinski definition) is 2. The molecule has 156 valence electrons. The second-order valence-corrected chi connectivity index (χ2v) is 7.46. The number of carbonyl (C=O) groups excluding carboxylic acids is 4. The summed E-state index contributed by atoms with van der Waals surface area (Å²) < 4.78 is 0. The number of anilines is 2. The quantitative estimate of drug-likeness (QED) is 0.734. The Morgan fingerprint density at radius 3 is 2.43 bits per heavy atom. The molecule has 4 amide bonds. The van der Waals surface area contributed by atoms with Crippen LogP contribution in [0, 0.1) is 0 Å². The number of nitrogens with one attached hydrogen (secondary N) is 2. The van der Waals surface area contributed by atoms with Crippen molar-refractivity contribution in [1.82, 2.24) is 10.3 Å². The van der Waals surface area contributed by atoms with Crippen LogP contribution < -0.4 is 15.8 Å².